The third-order valence-electron chi connectivity index (χ3n) is 1.29. The first kappa shape index (κ1) is 8.15. The molecule has 0 saturated heterocycles. The van der Waals surface area contributed by atoms with E-state index in [2.05, 4.69) is 0 Å². The van der Waals surface area contributed by atoms with Crippen LogP contribution in [0.25, 0.3) is 0 Å². The van der Waals surface area contributed by atoms with Crippen LogP contribution < -0.4 is 0 Å². The van der Waals surface area contributed by atoms with Gasteiger partial charge in [-0.3, -0.25) is 4.79 Å². The molecule has 0 saturated carbocycles. The monoisotopic (exact) mass is 176 g/mol. The summed E-state index contributed by atoms with van der Waals surface area (Å²) in [5.41, 5.74) is 0. The van der Waals surface area contributed by atoms with E-state index in [1.165, 1.54) is 11.8 Å². The summed E-state index contributed by atoms with van der Waals surface area (Å²) in [4.78, 5) is 11.3. The number of alkyl halides is 1. The molecular formula is C7H9ClOS. The van der Waals surface area contributed by atoms with E-state index in [0.717, 1.165) is 10.7 Å². The van der Waals surface area contributed by atoms with Crippen molar-refractivity contribution in [3.63, 3.8) is 0 Å². The molecule has 1 heterocycles. The summed E-state index contributed by atoms with van der Waals surface area (Å²) in [6.45, 7) is 3.48. The normalized spacial score (nSPS) is 32.1. The van der Waals surface area contributed by atoms with Gasteiger partial charge in [-0.1, -0.05) is 0 Å². The van der Waals surface area contributed by atoms with Crippen molar-refractivity contribution in [2.24, 2.45) is 0 Å². The Kier molecular flexibility index (Phi) is 2.11. The zero-order chi connectivity index (χ0) is 7.78. The molecule has 3 heteroatoms. The highest BCUT2D eigenvalue weighted by atomic mass is 35.5. The fourth-order valence-corrected chi connectivity index (χ4v) is 2.18. The molecule has 1 aliphatic rings. The standard InChI is InChI=1S/C7H9ClOS/c1-5(9)6-3-7(2,8)4-10-6/h3H,4H2,1-2H3. The van der Waals surface area contributed by atoms with Crippen molar-refractivity contribution in [2.45, 2.75) is 18.7 Å². The average molecular weight is 177 g/mol. The van der Waals surface area contributed by atoms with Gasteiger partial charge in [0.15, 0.2) is 5.78 Å². The molecule has 0 aromatic carbocycles. The lowest BCUT2D eigenvalue weighted by Gasteiger charge is -2.07. The number of ketones is 1. The maximum Gasteiger partial charge on any atom is 0.165 e. The van der Waals surface area contributed by atoms with Crippen molar-refractivity contribution in [3.05, 3.63) is 11.0 Å². The second kappa shape index (κ2) is 2.59. The zero-order valence-electron chi connectivity index (χ0n) is 5.98. The van der Waals surface area contributed by atoms with Crippen molar-refractivity contribution >= 4 is 29.1 Å². The number of hydrogen-bond donors (Lipinski definition) is 0. The third kappa shape index (κ3) is 1.77. The number of halogens is 1. The first-order valence-electron chi connectivity index (χ1n) is 3.07. The van der Waals surface area contributed by atoms with Crippen LogP contribution in [0.5, 0.6) is 0 Å². The number of carbonyl (C=O) groups excluding carboxylic acids is 1. The van der Waals surface area contributed by atoms with E-state index in [1.54, 1.807) is 6.92 Å². The molecule has 1 unspecified atom stereocenters. The van der Waals surface area contributed by atoms with Crippen LogP contribution in [0.2, 0.25) is 0 Å². The topological polar surface area (TPSA) is 17.1 Å². The Labute approximate surface area is 69.8 Å². The Morgan fingerprint density at radius 3 is 2.70 bits per heavy atom. The molecule has 10 heavy (non-hydrogen) atoms. The van der Waals surface area contributed by atoms with Gasteiger partial charge < -0.3 is 0 Å². The van der Waals surface area contributed by atoms with Crippen LogP contribution in [0.1, 0.15) is 13.8 Å². The molecule has 0 aromatic rings. The molecule has 0 aliphatic carbocycles. The lowest BCUT2D eigenvalue weighted by atomic mass is 10.2. The van der Waals surface area contributed by atoms with Crippen LogP contribution in [0.4, 0.5) is 0 Å². The molecule has 0 aromatic heterocycles. The van der Waals surface area contributed by atoms with Crippen LogP contribution in [-0.4, -0.2) is 16.4 Å². The smallest absolute Gasteiger partial charge is 0.165 e. The minimum absolute atomic E-state index is 0.120. The van der Waals surface area contributed by atoms with Crippen LogP contribution in [-0.2, 0) is 4.79 Å². The van der Waals surface area contributed by atoms with Crippen molar-refractivity contribution in [1.82, 2.24) is 0 Å². The van der Waals surface area contributed by atoms with Gasteiger partial charge in [-0.05, 0) is 19.9 Å². The number of carbonyl (C=O) groups is 1. The predicted molar refractivity (Wildman–Crippen MR) is 45.5 cm³/mol. The van der Waals surface area contributed by atoms with E-state index in [4.69, 9.17) is 11.6 Å². The fraction of sp³-hybridized carbons (Fsp3) is 0.571. The Hall–Kier alpha value is 0.0500. The van der Waals surface area contributed by atoms with Crippen LogP contribution >= 0.6 is 23.4 Å². The Bertz CT molecular complexity index is 196. The van der Waals surface area contributed by atoms with Gasteiger partial charge >= 0.3 is 0 Å². The fourth-order valence-electron chi connectivity index (χ4n) is 0.779. The Morgan fingerprint density at radius 2 is 2.50 bits per heavy atom. The van der Waals surface area contributed by atoms with Gasteiger partial charge in [0.05, 0.1) is 4.87 Å². The van der Waals surface area contributed by atoms with Crippen molar-refractivity contribution in [1.29, 1.82) is 0 Å². The van der Waals surface area contributed by atoms with E-state index in [0.29, 0.717) is 0 Å². The number of thioether (sulfide) groups is 1. The zero-order valence-corrected chi connectivity index (χ0v) is 7.55. The number of Topliss-reactive ketones (excluding diaryl/α,β-unsaturated/α-hetero) is 1. The lowest BCUT2D eigenvalue weighted by Crippen LogP contribution is -2.11. The van der Waals surface area contributed by atoms with E-state index in [9.17, 15) is 4.79 Å². The summed E-state index contributed by atoms with van der Waals surface area (Å²) in [5, 5.41) is 0. The summed E-state index contributed by atoms with van der Waals surface area (Å²) in [7, 11) is 0. The van der Waals surface area contributed by atoms with Gasteiger partial charge in [0.1, 0.15) is 0 Å². The minimum atomic E-state index is -0.300. The molecule has 0 spiro atoms. The highest BCUT2D eigenvalue weighted by molar-refractivity contribution is 8.04. The van der Waals surface area contributed by atoms with Gasteiger partial charge in [0.2, 0.25) is 0 Å². The highest BCUT2D eigenvalue weighted by Gasteiger charge is 2.27. The molecule has 1 nitrogen and oxygen atoms in total. The van der Waals surface area contributed by atoms with E-state index in [-0.39, 0.29) is 10.7 Å². The van der Waals surface area contributed by atoms with Crippen molar-refractivity contribution in [2.75, 3.05) is 5.75 Å². The van der Waals surface area contributed by atoms with Gasteiger partial charge in [-0.25, -0.2) is 0 Å². The van der Waals surface area contributed by atoms with Crippen LogP contribution in [0.3, 0.4) is 0 Å². The van der Waals surface area contributed by atoms with Gasteiger partial charge in [0, 0.05) is 10.7 Å². The molecule has 0 bridgehead atoms. The summed E-state index contributed by atoms with van der Waals surface area (Å²) < 4.78 is 0. The molecule has 0 amide bonds. The largest absolute Gasteiger partial charge is 0.294 e. The maximum absolute atomic E-state index is 10.8. The van der Waals surface area contributed by atoms with Gasteiger partial charge in [-0.15, -0.1) is 23.4 Å². The minimum Gasteiger partial charge on any atom is -0.294 e. The van der Waals surface area contributed by atoms with E-state index in [1.807, 2.05) is 13.0 Å². The predicted octanol–water partition coefficient (Wildman–Crippen LogP) is 2.20. The van der Waals surface area contributed by atoms with Crippen LogP contribution in [0, 0.1) is 0 Å². The molecule has 0 radical (unpaired) electrons. The quantitative estimate of drug-likeness (QED) is 0.570. The Balaban J connectivity index is 2.76. The Morgan fingerprint density at radius 1 is 1.90 bits per heavy atom. The molecule has 0 N–H and O–H groups in total. The molecule has 56 valence electrons. The second-order valence-corrected chi connectivity index (χ2v) is 4.51. The first-order valence-corrected chi connectivity index (χ1v) is 4.43. The maximum atomic E-state index is 10.8. The molecule has 1 aliphatic heterocycles. The van der Waals surface area contributed by atoms with Gasteiger partial charge in [-0.2, -0.15) is 0 Å². The second-order valence-electron chi connectivity index (χ2n) is 2.63. The summed E-state index contributed by atoms with van der Waals surface area (Å²) >= 11 is 7.49. The highest BCUT2D eigenvalue weighted by Crippen LogP contribution is 2.36. The first-order chi connectivity index (χ1) is 4.51. The van der Waals surface area contributed by atoms with E-state index < -0.39 is 0 Å². The third-order valence-corrected chi connectivity index (χ3v) is 3.15. The summed E-state index contributed by atoms with van der Waals surface area (Å²) in [6.07, 6.45) is 1.83. The number of allylic oxidation sites excluding steroid dienone is 2. The van der Waals surface area contributed by atoms with Crippen molar-refractivity contribution < 1.29 is 4.79 Å². The van der Waals surface area contributed by atoms with Crippen LogP contribution in [0.15, 0.2) is 11.0 Å². The summed E-state index contributed by atoms with van der Waals surface area (Å²) in [5.74, 6) is 0.929. The number of hydrogen-bond acceptors (Lipinski definition) is 2. The van der Waals surface area contributed by atoms with Gasteiger partial charge in [0.25, 0.3) is 0 Å². The summed E-state index contributed by atoms with van der Waals surface area (Å²) in [6, 6.07) is 0. The SMILES string of the molecule is CC(=O)C1=CC(C)(Cl)CS1. The average Bonchev–Trinajstić information content (AvgIpc) is 2.10. The van der Waals surface area contributed by atoms with E-state index >= 15 is 0 Å². The molecule has 0 fully saturated rings. The number of rotatable bonds is 1. The molecular weight excluding hydrogens is 168 g/mol. The van der Waals surface area contributed by atoms with Crippen molar-refractivity contribution in [3.8, 4) is 0 Å². The lowest BCUT2D eigenvalue weighted by molar-refractivity contribution is -0.112. The molecule has 1 rings (SSSR count). The molecule has 1 atom stereocenters.